The summed E-state index contributed by atoms with van der Waals surface area (Å²) >= 11 is 0.878. The monoisotopic (exact) mass is 755 g/mol. The molecule has 1 atom stereocenters. The number of quaternary nitrogens is 1. The normalized spacial score (nSPS) is 20.1. The summed E-state index contributed by atoms with van der Waals surface area (Å²) in [6.45, 7) is 8.92. The number of nitrogens with one attached hydrogen (secondary N) is 2. The van der Waals surface area contributed by atoms with E-state index >= 15 is 13.2 Å². The molecule has 0 fully saturated rings. The second kappa shape index (κ2) is 14.8. The van der Waals surface area contributed by atoms with Gasteiger partial charge < -0.3 is 10.1 Å². The van der Waals surface area contributed by atoms with Crippen LogP contribution < -0.4 is 5.32 Å². The SMILES string of the molecule is C[NH2+]C1=NC(=N)[C@@](C)(c2cccc(CC(C)(C)C(=O)O)c2)CCCC(C)(C)CS(=O)(=O)CCc2c(c(F)c(F)c3[nH]ccc23)Sc2ccc(F)c1c2. The predicted molar refractivity (Wildman–Crippen MR) is 200 cm³/mol. The first-order chi connectivity index (χ1) is 24.3. The molecule has 8 nitrogen and oxygen atoms in total. The molecule has 2 bridgehead atoms. The number of benzene rings is 3. The van der Waals surface area contributed by atoms with Crippen LogP contribution in [0.15, 0.2) is 69.5 Å². The topological polar surface area (TPSA) is 140 Å². The van der Waals surface area contributed by atoms with Gasteiger partial charge in [-0.1, -0.05) is 56.3 Å². The van der Waals surface area contributed by atoms with Crippen LogP contribution in [0.25, 0.3) is 10.9 Å². The number of amidine groups is 2. The van der Waals surface area contributed by atoms with E-state index in [0.717, 1.165) is 22.9 Å². The lowest BCUT2D eigenvalue weighted by molar-refractivity contribution is -0.505. The Balaban J connectivity index is 1.67. The Kier molecular flexibility index (Phi) is 11.2. The van der Waals surface area contributed by atoms with Gasteiger partial charge in [0.2, 0.25) is 5.84 Å². The maximum Gasteiger partial charge on any atom is 0.309 e. The number of rotatable bonds is 4. The maximum absolute atomic E-state index is 15.8. The van der Waals surface area contributed by atoms with Crippen molar-refractivity contribution in [2.45, 2.75) is 81.9 Å². The van der Waals surface area contributed by atoms with Crippen LogP contribution in [0.2, 0.25) is 0 Å². The minimum atomic E-state index is -3.68. The van der Waals surface area contributed by atoms with Gasteiger partial charge in [0.15, 0.2) is 21.5 Å². The lowest BCUT2D eigenvalue weighted by atomic mass is 9.74. The molecule has 0 saturated heterocycles. The molecule has 52 heavy (non-hydrogen) atoms. The smallest absolute Gasteiger partial charge is 0.309 e. The van der Waals surface area contributed by atoms with Gasteiger partial charge in [-0.25, -0.2) is 21.6 Å². The van der Waals surface area contributed by atoms with E-state index in [9.17, 15) is 23.7 Å². The van der Waals surface area contributed by atoms with Crippen LogP contribution >= 0.6 is 11.8 Å². The molecule has 0 radical (unpaired) electrons. The zero-order valence-electron chi connectivity index (χ0n) is 30.3. The number of nitrogens with two attached hydrogens (primary N) is 1. The van der Waals surface area contributed by atoms with E-state index in [4.69, 9.17) is 4.99 Å². The lowest BCUT2D eigenvalue weighted by Crippen LogP contribution is -2.84. The number of carboxylic acid groups (broad SMARTS) is 1. The minimum absolute atomic E-state index is 0.0517. The van der Waals surface area contributed by atoms with E-state index in [-0.39, 0.29) is 52.0 Å². The fourth-order valence-corrected chi connectivity index (χ4v) is 10.0. The van der Waals surface area contributed by atoms with Crippen LogP contribution in [0.3, 0.4) is 0 Å². The average Bonchev–Trinajstić information content (AvgIpc) is 3.55. The third-order valence-corrected chi connectivity index (χ3v) is 13.2. The molecule has 1 aromatic heterocycles. The molecule has 13 heteroatoms. The maximum atomic E-state index is 15.8. The number of aromatic amines is 1. The minimum Gasteiger partial charge on any atom is -0.481 e. The predicted octanol–water partition coefficient (Wildman–Crippen LogP) is 7.43. The average molecular weight is 756 g/mol. The number of H-pyrrole nitrogens is 1. The number of aromatic nitrogens is 1. The van der Waals surface area contributed by atoms with Gasteiger partial charge in [0.1, 0.15) is 11.7 Å². The number of aliphatic carboxylic acids is 1. The Morgan fingerprint density at radius 3 is 2.50 bits per heavy atom. The van der Waals surface area contributed by atoms with Crippen LogP contribution in [0, 0.1) is 33.7 Å². The molecule has 0 spiro atoms. The van der Waals surface area contributed by atoms with Gasteiger partial charge in [0.05, 0.1) is 45.4 Å². The number of halogens is 3. The number of sulfone groups is 1. The number of hydrogen-bond donors (Lipinski definition) is 4. The van der Waals surface area contributed by atoms with Crippen LogP contribution in [-0.2, 0) is 32.9 Å². The van der Waals surface area contributed by atoms with Gasteiger partial charge in [-0.3, -0.25) is 15.5 Å². The first-order valence-electron chi connectivity index (χ1n) is 17.2. The molecule has 4 aromatic rings. The van der Waals surface area contributed by atoms with Crippen molar-refractivity contribution in [2.75, 3.05) is 18.6 Å². The highest BCUT2D eigenvalue weighted by atomic mass is 32.2. The zero-order chi connectivity index (χ0) is 38.2. The molecule has 278 valence electrons. The molecule has 0 aliphatic carbocycles. The summed E-state index contributed by atoms with van der Waals surface area (Å²) in [5, 5.41) is 21.1. The second-order valence-corrected chi connectivity index (χ2v) is 18.6. The Hall–Kier alpha value is -3.94. The molecule has 3 aromatic carbocycles. The van der Waals surface area contributed by atoms with Crippen LogP contribution in [0.4, 0.5) is 13.2 Å². The first kappa shape index (κ1) is 39.3. The Labute approximate surface area is 307 Å². The van der Waals surface area contributed by atoms with Crippen molar-refractivity contribution in [3.63, 3.8) is 0 Å². The van der Waals surface area contributed by atoms with Crippen molar-refractivity contribution in [3.05, 3.63) is 94.4 Å². The number of carboxylic acids is 1. The highest BCUT2D eigenvalue weighted by Crippen LogP contribution is 2.41. The summed E-state index contributed by atoms with van der Waals surface area (Å²) in [7, 11) is -2.00. The third-order valence-electron chi connectivity index (χ3n) is 10.0. The molecule has 5 rings (SSSR count). The van der Waals surface area contributed by atoms with Gasteiger partial charge in [-0.05, 0) is 92.8 Å². The summed E-state index contributed by atoms with van der Waals surface area (Å²) in [6, 6.07) is 13.1. The summed E-state index contributed by atoms with van der Waals surface area (Å²) in [5.74, 6) is -4.08. The van der Waals surface area contributed by atoms with E-state index < -0.39 is 49.5 Å². The number of aryl methyl sites for hydroxylation is 1. The highest BCUT2D eigenvalue weighted by Gasteiger charge is 2.36. The highest BCUT2D eigenvalue weighted by molar-refractivity contribution is 7.99. The van der Waals surface area contributed by atoms with Crippen LogP contribution in [0.5, 0.6) is 0 Å². The molecule has 0 saturated carbocycles. The molecule has 0 amide bonds. The molecule has 2 heterocycles. The van der Waals surface area contributed by atoms with Crippen molar-refractivity contribution < 1.29 is 36.8 Å². The summed E-state index contributed by atoms with van der Waals surface area (Å²) in [6.07, 6.45) is 3.09. The van der Waals surface area contributed by atoms with Crippen LogP contribution in [-0.4, -0.2) is 54.7 Å². The molecule has 0 unspecified atom stereocenters. The summed E-state index contributed by atoms with van der Waals surface area (Å²) in [4.78, 5) is 19.6. The number of fused-ring (bicyclic) bond motifs is 5. The van der Waals surface area contributed by atoms with Gasteiger partial charge in [0.25, 0.3) is 0 Å². The number of carbonyl (C=O) groups is 1. The third kappa shape index (κ3) is 8.31. The van der Waals surface area contributed by atoms with Gasteiger partial charge in [-0.15, -0.1) is 0 Å². The fourth-order valence-electron chi connectivity index (χ4n) is 6.96. The van der Waals surface area contributed by atoms with Crippen molar-refractivity contribution in [1.82, 2.24) is 4.98 Å². The van der Waals surface area contributed by atoms with E-state index in [1.807, 2.05) is 45.0 Å². The van der Waals surface area contributed by atoms with Gasteiger partial charge in [0, 0.05) is 16.5 Å². The standard InChI is InChI=1S/C39H45F3N4O4S2/c1-37(2)15-8-16-39(5,24-10-7-9-23(19-24)21-38(3,4)36(47)48)35(43)46-34(44-6)28-20-25(11-12-29(28)40)51-33-27(14-18-52(49,50)22-37)26-13-17-45-32(26)30(41)31(33)42/h7,9-13,17,19-20,45H,8,14-16,18,21-22H2,1-6H3,(H,47,48)(H2,43,44,46)/p+1/t39-/m1/s1. The van der Waals surface area contributed by atoms with Gasteiger partial charge in [-0.2, -0.15) is 4.99 Å². The quantitative estimate of drug-likeness (QED) is 0.172. The van der Waals surface area contributed by atoms with Crippen molar-refractivity contribution in [3.8, 4) is 0 Å². The van der Waals surface area contributed by atoms with E-state index in [0.29, 0.717) is 35.1 Å². The molecule has 5 N–H and O–H groups in total. The van der Waals surface area contributed by atoms with E-state index in [1.165, 1.54) is 24.4 Å². The Bertz CT molecular complexity index is 2180. The number of nitrogens with zero attached hydrogens (tertiary/aromatic N) is 1. The fraction of sp³-hybridized carbons (Fsp3) is 0.410. The van der Waals surface area contributed by atoms with Crippen molar-refractivity contribution >= 4 is 50.1 Å². The summed E-state index contributed by atoms with van der Waals surface area (Å²) < 4.78 is 74.0. The van der Waals surface area contributed by atoms with E-state index in [2.05, 4.69) is 4.98 Å². The largest absolute Gasteiger partial charge is 0.481 e. The Morgan fingerprint density at radius 1 is 1.08 bits per heavy atom. The molecule has 1 aliphatic heterocycles. The van der Waals surface area contributed by atoms with Crippen molar-refractivity contribution in [1.29, 1.82) is 5.41 Å². The second-order valence-electron chi connectivity index (χ2n) is 15.3. The zero-order valence-corrected chi connectivity index (χ0v) is 31.9. The Morgan fingerprint density at radius 2 is 1.81 bits per heavy atom. The number of hydrogen-bond acceptors (Lipinski definition) is 5. The van der Waals surface area contributed by atoms with Crippen LogP contribution in [0.1, 0.15) is 76.1 Å². The lowest BCUT2D eigenvalue weighted by Gasteiger charge is -2.32. The van der Waals surface area contributed by atoms with Crippen molar-refractivity contribution in [2.24, 2.45) is 15.8 Å². The van der Waals surface area contributed by atoms with E-state index in [1.54, 1.807) is 32.3 Å². The van der Waals surface area contributed by atoms with Gasteiger partial charge >= 0.3 is 5.97 Å². The molecule has 1 aliphatic rings. The molecular formula is C39H46F3N4O4S2+. The first-order valence-corrected chi connectivity index (χ1v) is 19.9. The number of aliphatic imine (C=N–C) groups is 1. The summed E-state index contributed by atoms with van der Waals surface area (Å²) in [5.41, 5.74) is -0.874. The molecular weight excluding hydrogens is 710 g/mol.